The average molecular weight is 430 g/mol. The molecule has 1 rings (SSSR count). The summed E-state index contributed by atoms with van der Waals surface area (Å²) in [6, 6.07) is 0. The van der Waals surface area contributed by atoms with Crippen molar-refractivity contribution in [2.24, 2.45) is 0 Å². The molecule has 0 spiro atoms. The second-order valence-corrected chi connectivity index (χ2v) is 4.10. The highest BCUT2D eigenvalue weighted by Gasteiger charge is 2.38. The van der Waals surface area contributed by atoms with Crippen LogP contribution in [0.1, 0.15) is 6.42 Å². The van der Waals surface area contributed by atoms with Crippen LogP contribution in [0.3, 0.4) is 0 Å². The minimum absolute atomic E-state index is 0.294. The summed E-state index contributed by atoms with van der Waals surface area (Å²) >= 11 is 3.54. The van der Waals surface area contributed by atoms with E-state index in [1.165, 1.54) is 0 Å². The molecule has 0 aliphatic carbocycles. The van der Waals surface area contributed by atoms with Crippen LogP contribution in [0.2, 0.25) is 0 Å². The van der Waals surface area contributed by atoms with Crippen molar-refractivity contribution in [1.29, 1.82) is 0 Å². The van der Waals surface area contributed by atoms with Crippen LogP contribution in [0.25, 0.3) is 0 Å². The molecule has 0 aromatic rings. The number of hydrogen-bond acceptors (Lipinski definition) is 5. The first-order valence-electron chi connectivity index (χ1n) is 4.10. The van der Waals surface area contributed by atoms with Crippen molar-refractivity contribution in [3.63, 3.8) is 0 Å². The van der Waals surface area contributed by atoms with E-state index in [0.717, 1.165) is 0 Å². The molecule has 1 aliphatic heterocycles. The highest BCUT2D eigenvalue weighted by atomic mass is 127. The van der Waals surface area contributed by atoms with Gasteiger partial charge in [0.1, 0.15) is 58.2 Å². The summed E-state index contributed by atoms with van der Waals surface area (Å²) in [6.07, 6.45) is -1.21. The van der Waals surface area contributed by atoms with Gasteiger partial charge in [-0.3, -0.25) is 0 Å². The molecule has 1 aliphatic rings. The molecule has 0 aromatic carbocycles. The lowest BCUT2D eigenvalue weighted by Crippen LogP contribution is -2.50. The normalized spacial score (nSPS) is 38.6. The third-order valence-electron chi connectivity index (χ3n) is 2.10. The van der Waals surface area contributed by atoms with Gasteiger partial charge in [-0.2, -0.15) is 0 Å². The van der Waals surface area contributed by atoms with E-state index in [1.54, 1.807) is 53.1 Å². The molecule has 0 bridgehead atoms. The van der Waals surface area contributed by atoms with Gasteiger partial charge in [0.15, 0.2) is 6.29 Å². The lowest BCUT2D eigenvalue weighted by atomic mass is 10.0. The maximum absolute atomic E-state index is 9.72. The predicted octanol–water partition coefficient (Wildman–Crippen LogP) is 1.21. The summed E-state index contributed by atoms with van der Waals surface area (Å²) in [6.45, 7) is 0.366. The van der Waals surface area contributed by atoms with Gasteiger partial charge < -0.3 is 20.7 Å². The Morgan fingerprint density at radius 1 is 1.50 bits per heavy atom. The average Bonchev–Trinajstić information content (AvgIpc) is 2.18. The molecule has 1 heterocycles. The maximum atomic E-state index is 9.72. The lowest BCUT2D eigenvalue weighted by Gasteiger charge is -2.36. The van der Waals surface area contributed by atoms with Gasteiger partial charge >= 0.3 is 0 Å². The first-order chi connectivity index (χ1) is 6.72. The Labute approximate surface area is 111 Å². The van der Waals surface area contributed by atoms with E-state index < -0.39 is 6.10 Å². The van der Waals surface area contributed by atoms with Crippen molar-refractivity contribution >= 4 is 46.0 Å². The van der Waals surface area contributed by atoms with Crippen molar-refractivity contribution in [3.8, 4) is 0 Å². The molecule has 1 N–H and O–H groups in total. The van der Waals surface area contributed by atoms with E-state index in [0.29, 0.717) is 13.0 Å². The Morgan fingerprint density at radius 2 is 2.21 bits per heavy atom. The van der Waals surface area contributed by atoms with Crippen molar-refractivity contribution in [3.05, 3.63) is 0 Å². The molecule has 1 fully saturated rings. The predicted molar refractivity (Wildman–Crippen MR) is 65.2 cm³/mol. The molecule has 0 radical (unpaired) electrons. The smallest absolute Gasteiger partial charge is 0.160 e. The minimum Gasteiger partial charge on any atom is -0.390 e. The van der Waals surface area contributed by atoms with Crippen LogP contribution in [0, 0.1) is 0 Å². The highest BCUT2D eigenvalue weighted by molar-refractivity contribution is 14.1. The molecule has 0 amide bonds. The Morgan fingerprint density at radius 3 is 2.71 bits per heavy atom. The van der Waals surface area contributed by atoms with Crippen molar-refractivity contribution in [1.82, 2.24) is 0 Å². The van der Waals surface area contributed by atoms with Gasteiger partial charge in [0, 0.05) is 13.5 Å². The van der Waals surface area contributed by atoms with Gasteiger partial charge in [-0.1, -0.05) is 0 Å². The molecule has 4 atom stereocenters. The Hall–Kier alpha value is 1.26. The molecule has 0 unspecified atom stereocenters. The van der Waals surface area contributed by atoms with Crippen LogP contribution in [-0.4, -0.2) is 43.4 Å². The number of ether oxygens (including phenoxy) is 2. The monoisotopic (exact) mass is 430 g/mol. The van der Waals surface area contributed by atoms with E-state index in [2.05, 4.69) is 0 Å². The molecule has 0 saturated carbocycles. The van der Waals surface area contributed by atoms with Crippen LogP contribution < -0.4 is 0 Å². The van der Waals surface area contributed by atoms with Gasteiger partial charge in [0.2, 0.25) is 0 Å². The van der Waals surface area contributed by atoms with Gasteiger partial charge in [-0.15, -0.1) is 0 Å². The van der Waals surface area contributed by atoms with Crippen LogP contribution >= 0.6 is 46.0 Å². The summed E-state index contributed by atoms with van der Waals surface area (Å²) in [5.41, 5.74) is 0. The topological polar surface area (TPSA) is 57.2 Å². The quantitative estimate of drug-likeness (QED) is 0.681. The summed E-state index contributed by atoms with van der Waals surface area (Å²) in [5.74, 6) is 0. The zero-order chi connectivity index (χ0) is 10.6. The second kappa shape index (κ2) is 6.76. The Bertz CT molecular complexity index is 170. The molecular formula is C7H12I2O5. The van der Waals surface area contributed by atoms with E-state index in [1.807, 2.05) is 0 Å². The number of hydrogen-bond donors (Lipinski definition) is 1. The van der Waals surface area contributed by atoms with Gasteiger partial charge in [0.05, 0.1) is 12.7 Å². The SMILES string of the molecule is CO[C@@H]1C[C@@H](O)[C@H](OI)[C@@H](COI)O1. The summed E-state index contributed by atoms with van der Waals surface area (Å²) < 4.78 is 20.6. The third-order valence-corrected chi connectivity index (χ3v) is 3.05. The zero-order valence-corrected chi connectivity index (χ0v) is 11.9. The molecule has 7 heteroatoms. The maximum Gasteiger partial charge on any atom is 0.160 e. The minimum atomic E-state index is -0.581. The number of halogens is 2. The first kappa shape index (κ1) is 13.3. The van der Waals surface area contributed by atoms with Crippen LogP contribution in [0.15, 0.2) is 0 Å². The van der Waals surface area contributed by atoms with Gasteiger partial charge in [0.25, 0.3) is 0 Å². The lowest BCUT2D eigenvalue weighted by molar-refractivity contribution is -0.235. The van der Waals surface area contributed by atoms with Crippen molar-refractivity contribution in [2.75, 3.05) is 13.7 Å². The fourth-order valence-corrected chi connectivity index (χ4v) is 2.39. The molecule has 84 valence electrons. The first-order valence-corrected chi connectivity index (χ1v) is 5.86. The van der Waals surface area contributed by atoms with Crippen LogP contribution in [0.5, 0.6) is 0 Å². The fourth-order valence-electron chi connectivity index (χ4n) is 1.37. The van der Waals surface area contributed by atoms with Gasteiger partial charge in [-0.25, -0.2) is 0 Å². The second-order valence-electron chi connectivity index (χ2n) is 2.97. The summed E-state index contributed by atoms with van der Waals surface area (Å²) in [7, 11) is 1.55. The Kier molecular flexibility index (Phi) is 6.43. The van der Waals surface area contributed by atoms with Crippen molar-refractivity contribution < 1.29 is 20.7 Å². The van der Waals surface area contributed by atoms with E-state index in [-0.39, 0.29) is 18.5 Å². The molecule has 14 heavy (non-hydrogen) atoms. The zero-order valence-electron chi connectivity index (χ0n) is 7.56. The molecule has 1 saturated heterocycles. The van der Waals surface area contributed by atoms with Crippen LogP contribution in [0.4, 0.5) is 0 Å². The standard InChI is InChI=1S/C7H12I2O5/c1-11-6-2-4(10)7(14-9)5(13-6)3-12-8/h4-7,10H,2-3H2,1H3/t4-,5-,6+,7+/m1/s1. The van der Waals surface area contributed by atoms with Crippen LogP contribution in [-0.2, 0) is 15.6 Å². The largest absolute Gasteiger partial charge is 0.390 e. The number of aliphatic hydroxyl groups is 1. The molecule has 5 nitrogen and oxygen atoms in total. The van der Waals surface area contributed by atoms with E-state index in [9.17, 15) is 5.11 Å². The summed E-state index contributed by atoms with van der Waals surface area (Å²) in [5, 5.41) is 9.72. The molecular weight excluding hydrogens is 418 g/mol. The number of aliphatic hydroxyl groups excluding tert-OH is 1. The number of rotatable bonds is 4. The Balaban J connectivity index is 2.57. The van der Waals surface area contributed by atoms with E-state index in [4.69, 9.17) is 15.6 Å². The highest BCUT2D eigenvalue weighted by Crippen LogP contribution is 2.25. The molecule has 0 aromatic heterocycles. The fraction of sp³-hybridized carbons (Fsp3) is 1.00. The van der Waals surface area contributed by atoms with Gasteiger partial charge in [-0.05, 0) is 0 Å². The van der Waals surface area contributed by atoms with E-state index >= 15 is 0 Å². The number of methoxy groups -OCH3 is 1. The van der Waals surface area contributed by atoms with Crippen molar-refractivity contribution in [2.45, 2.75) is 31.0 Å². The third kappa shape index (κ3) is 3.39. The summed E-state index contributed by atoms with van der Waals surface area (Å²) in [4.78, 5) is 0.